The van der Waals surface area contributed by atoms with Gasteiger partial charge < -0.3 is 16.6 Å². The first-order chi connectivity index (χ1) is 7.95. The molecule has 0 aliphatic carbocycles. The van der Waals surface area contributed by atoms with Crippen LogP contribution < -0.4 is 11.5 Å². The third-order valence-electron chi connectivity index (χ3n) is 2.16. The van der Waals surface area contributed by atoms with Gasteiger partial charge in [0.05, 0.1) is 10.6 Å². The molecule has 0 spiro atoms. The molecule has 1 unspecified atom stereocenters. The SMILES string of the molecule is CC(CO)CSc1c(Cl)cc(N)cc1C(N)=O. The maximum absolute atomic E-state index is 11.3. The number of primary amides is 1. The minimum Gasteiger partial charge on any atom is -0.399 e. The van der Waals surface area contributed by atoms with Crippen LogP contribution in [0, 0.1) is 5.92 Å². The van der Waals surface area contributed by atoms with Gasteiger partial charge in [-0.2, -0.15) is 0 Å². The van der Waals surface area contributed by atoms with Crippen LogP contribution in [-0.2, 0) is 0 Å². The summed E-state index contributed by atoms with van der Waals surface area (Å²) in [6.07, 6.45) is 0. The lowest BCUT2D eigenvalue weighted by Crippen LogP contribution is -2.13. The van der Waals surface area contributed by atoms with Gasteiger partial charge in [0.15, 0.2) is 0 Å². The summed E-state index contributed by atoms with van der Waals surface area (Å²) in [6.45, 7) is 1.99. The zero-order chi connectivity index (χ0) is 13.0. The second-order valence-corrected chi connectivity index (χ2v) is 5.28. The highest BCUT2D eigenvalue weighted by atomic mass is 35.5. The number of anilines is 1. The number of hydrogen-bond donors (Lipinski definition) is 3. The van der Waals surface area contributed by atoms with E-state index in [0.717, 1.165) is 0 Å². The number of nitrogens with two attached hydrogens (primary N) is 2. The summed E-state index contributed by atoms with van der Waals surface area (Å²) < 4.78 is 0. The summed E-state index contributed by atoms with van der Waals surface area (Å²) in [4.78, 5) is 11.9. The first-order valence-corrected chi connectivity index (χ1v) is 6.44. The topological polar surface area (TPSA) is 89.3 Å². The minimum absolute atomic E-state index is 0.0888. The Labute approximate surface area is 109 Å². The van der Waals surface area contributed by atoms with Gasteiger partial charge in [-0.15, -0.1) is 11.8 Å². The van der Waals surface area contributed by atoms with Crippen molar-refractivity contribution < 1.29 is 9.90 Å². The molecule has 1 aromatic rings. The summed E-state index contributed by atoms with van der Waals surface area (Å²) in [5.74, 6) is 0.216. The molecular weight excluding hydrogens is 260 g/mol. The van der Waals surface area contributed by atoms with Crippen LogP contribution in [0.4, 0.5) is 5.69 Å². The smallest absolute Gasteiger partial charge is 0.249 e. The average Bonchev–Trinajstić information content (AvgIpc) is 2.26. The zero-order valence-corrected chi connectivity index (χ0v) is 11.0. The van der Waals surface area contributed by atoms with E-state index in [4.69, 9.17) is 28.2 Å². The summed E-state index contributed by atoms with van der Waals surface area (Å²) >= 11 is 7.43. The number of thioether (sulfide) groups is 1. The van der Waals surface area contributed by atoms with Gasteiger partial charge in [-0.25, -0.2) is 0 Å². The first kappa shape index (κ1) is 14.2. The Balaban J connectivity index is 3.00. The molecule has 0 saturated carbocycles. The lowest BCUT2D eigenvalue weighted by molar-refractivity contribution is 0.0997. The van der Waals surface area contributed by atoms with E-state index in [9.17, 15) is 4.79 Å². The van der Waals surface area contributed by atoms with Crippen LogP contribution in [0.1, 0.15) is 17.3 Å². The normalized spacial score (nSPS) is 12.4. The van der Waals surface area contributed by atoms with Crippen LogP contribution in [0.15, 0.2) is 17.0 Å². The van der Waals surface area contributed by atoms with E-state index in [1.807, 2.05) is 6.92 Å². The molecule has 6 heteroatoms. The third-order valence-corrected chi connectivity index (χ3v) is 4.03. The first-order valence-electron chi connectivity index (χ1n) is 5.08. The molecule has 0 aromatic heterocycles. The predicted molar refractivity (Wildman–Crippen MR) is 71.4 cm³/mol. The number of carbonyl (C=O) groups is 1. The Hall–Kier alpha value is -0.910. The Morgan fingerprint density at radius 1 is 1.59 bits per heavy atom. The molecule has 17 heavy (non-hydrogen) atoms. The standard InChI is InChI=1S/C11H15ClN2O2S/c1-6(4-15)5-17-10-8(11(14)16)2-7(13)3-9(10)12/h2-3,6,15H,4-5,13H2,1H3,(H2,14,16). The van der Waals surface area contributed by atoms with E-state index >= 15 is 0 Å². The second-order valence-electron chi connectivity index (χ2n) is 3.84. The molecule has 1 atom stereocenters. The quantitative estimate of drug-likeness (QED) is 0.564. The van der Waals surface area contributed by atoms with Crippen molar-refractivity contribution in [1.29, 1.82) is 0 Å². The van der Waals surface area contributed by atoms with E-state index in [0.29, 0.717) is 26.9 Å². The molecule has 0 fully saturated rings. The number of amides is 1. The molecule has 0 bridgehead atoms. The third kappa shape index (κ3) is 3.80. The monoisotopic (exact) mass is 274 g/mol. The van der Waals surface area contributed by atoms with Crippen molar-refractivity contribution in [2.45, 2.75) is 11.8 Å². The van der Waals surface area contributed by atoms with Crippen molar-refractivity contribution in [3.63, 3.8) is 0 Å². The zero-order valence-electron chi connectivity index (χ0n) is 9.44. The van der Waals surface area contributed by atoms with Gasteiger partial charge in [-0.1, -0.05) is 18.5 Å². The fourth-order valence-electron chi connectivity index (χ4n) is 1.22. The van der Waals surface area contributed by atoms with Crippen LogP contribution in [0.5, 0.6) is 0 Å². The van der Waals surface area contributed by atoms with E-state index in [1.165, 1.54) is 17.8 Å². The van der Waals surface area contributed by atoms with E-state index < -0.39 is 5.91 Å². The van der Waals surface area contributed by atoms with Gasteiger partial charge in [-0.3, -0.25) is 4.79 Å². The second kappa shape index (κ2) is 6.14. The molecular formula is C11H15ClN2O2S. The molecule has 0 aliphatic rings. The van der Waals surface area contributed by atoms with Gasteiger partial charge in [0.2, 0.25) is 5.91 Å². The van der Waals surface area contributed by atoms with Crippen molar-refractivity contribution in [1.82, 2.24) is 0 Å². The fourth-order valence-corrected chi connectivity index (χ4v) is 2.68. The molecule has 1 aromatic carbocycles. The lowest BCUT2D eigenvalue weighted by Gasteiger charge is -2.12. The van der Waals surface area contributed by atoms with Crippen molar-refractivity contribution >= 4 is 35.0 Å². The number of hydrogen-bond acceptors (Lipinski definition) is 4. The van der Waals surface area contributed by atoms with Crippen LogP contribution in [0.3, 0.4) is 0 Å². The summed E-state index contributed by atoms with van der Waals surface area (Å²) in [5, 5.41) is 9.36. The van der Waals surface area contributed by atoms with Crippen molar-refractivity contribution in [2.24, 2.45) is 11.7 Å². The number of carbonyl (C=O) groups excluding carboxylic acids is 1. The largest absolute Gasteiger partial charge is 0.399 e. The summed E-state index contributed by atoms with van der Waals surface area (Å²) in [5.41, 5.74) is 11.6. The van der Waals surface area contributed by atoms with Gasteiger partial charge in [0.1, 0.15) is 0 Å². The number of nitrogen functional groups attached to an aromatic ring is 1. The van der Waals surface area contributed by atoms with E-state index in [1.54, 1.807) is 6.07 Å². The Morgan fingerprint density at radius 3 is 2.76 bits per heavy atom. The van der Waals surface area contributed by atoms with Crippen molar-refractivity contribution in [3.05, 3.63) is 22.7 Å². The van der Waals surface area contributed by atoms with Gasteiger partial charge in [0.25, 0.3) is 0 Å². The van der Waals surface area contributed by atoms with Crippen LogP contribution in [0.2, 0.25) is 5.02 Å². The Morgan fingerprint density at radius 2 is 2.24 bits per heavy atom. The molecule has 0 radical (unpaired) electrons. The molecule has 0 heterocycles. The van der Waals surface area contributed by atoms with Crippen LogP contribution in [0.25, 0.3) is 0 Å². The number of aliphatic hydroxyl groups is 1. The van der Waals surface area contributed by atoms with Gasteiger partial charge >= 0.3 is 0 Å². The summed E-state index contributed by atoms with van der Waals surface area (Å²) in [6, 6.07) is 3.10. The number of benzene rings is 1. The molecule has 1 rings (SSSR count). The Kier molecular flexibility index (Phi) is 5.11. The lowest BCUT2D eigenvalue weighted by atomic mass is 10.2. The van der Waals surface area contributed by atoms with Crippen LogP contribution >= 0.6 is 23.4 Å². The molecule has 0 saturated heterocycles. The van der Waals surface area contributed by atoms with E-state index in [2.05, 4.69) is 0 Å². The highest BCUT2D eigenvalue weighted by molar-refractivity contribution is 7.99. The Bertz CT molecular complexity index is 426. The molecule has 94 valence electrons. The van der Waals surface area contributed by atoms with Crippen molar-refractivity contribution in [2.75, 3.05) is 18.1 Å². The highest BCUT2D eigenvalue weighted by Crippen LogP contribution is 2.33. The maximum Gasteiger partial charge on any atom is 0.249 e. The minimum atomic E-state index is -0.557. The molecule has 4 nitrogen and oxygen atoms in total. The van der Waals surface area contributed by atoms with Gasteiger partial charge in [0, 0.05) is 22.9 Å². The molecule has 5 N–H and O–H groups in total. The van der Waals surface area contributed by atoms with E-state index in [-0.39, 0.29) is 12.5 Å². The number of rotatable bonds is 5. The van der Waals surface area contributed by atoms with Gasteiger partial charge in [-0.05, 0) is 18.1 Å². The average molecular weight is 275 g/mol. The van der Waals surface area contributed by atoms with Crippen LogP contribution in [-0.4, -0.2) is 23.4 Å². The molecule has 1 amide bonds. The maximum atomic E-state index is 11.3. The predicted octanol–water partition coefficient (Wildman–Crippen LogP) is 1.74. The number of halogens is 1. The fraction of sp³-hybridized carbons (Fsp3) is 0.364. The highest BCUT2D eigenvalue weighted by Gasteiger charge is 2.14. The molecule has 0 aliphatic heterocycles. The number of aliphatic hydroxyl groups excluding tert-OH is 1. The van der Waals surface area contributed by atoms with Crippen molar-refractivity contribution in [3.8, 4) is 0 Å². The summed E-state index contributed by atoms with van der Waals surface area (Å²) in [7, 11) is 0.